The lowest BCUT2D eigenvalue weighted by molar-refractivity contribution is -0.143. The molecule has 1 saturated heterocycles. The van der Waals surface area contributed by atoms with Crippen molar-refractivity contribution >= 4 is 22.8 Å². The fourth-order valence-corrected chi connectivity index (χ4v) is 4.98. The first-order valence-corrected chi connectivity index (χ1v) is 11.3. The Bertz CT molecular complexity index is 1120. The highest BCUT2D eigenvalue weighted by atomic mass is 16.5. The number of hydrogen-bond acceptors (Lipinski definition) is 4. The van der Waals surface area contributed by atoms with Crippen LogP contribution in [0.2, 0.25) is 0 Å². The Hall–Kier alpha value is -3.32. The molecular formula is C26H31N3O4. The van der Waals surface area contributed by atoms with Crippen LogP contribution in [-0.4, -0.2) is 65.6 Å². The number of hydrogen-bond donors (Lipinski definition) is 2. The maximum atomic E-state index is 12.9. The number of benzene rings is 2. The molecule has 33 heavy (non-hydrogen) atoms. The highest BCUT2D eigenvalue weighted by Gasteiger charge is 2.48. The molecule has 2 aromatic carbocycles. The van der Waals surface area contributed by atoms with E-state index < -0.39 is 17.9 Å². The number of ether oxygens (including phenoxy) is 1. The smallest absolute Gasteiger partial charge is 0.309 e. The van der Waals surface area contributed by atoms with Crippen molar-refractivity contribution in [2.24, 2.45) is 5.92 Å². The van der Waals surface area contributed by atoms with E-state index in [4.69, 9.17) is 4.74 Å². The number of carboxylic acids is 1. The third-order valence-corrected chi connectivity index (χ3v) is 6.67. The van der Waals surface area contributed by atoms with Crippen LogP contribution in [0.25, 0.3) is 10.9 Å². The summed E-state index contributed by atoms with van der Waals surface area (Å²) >= 11 is 0. The van der Waals surface area contributed by atoms with E-state index in [9.17, 15) is 14.7 Å². The van der Waals surface area contributed by atoms with Crippen molar-refractivity contribution in [1.29, 1.82) is 0 Å². The summed E-state index contributed by atoms with van der Waals surface area (Å²) in [5, 5.41) is 11.4. The van der Waals surface area contributed by atoms with E-state index in [-0.39, 0.29) is 18.4 Å². The number of aromatic nitrogens is 1. The van der Waals surface area contributed by atoms with Crippen LogP contribution in [0.15, 0.2) is 54.7 Å². The average Bonchev–Trinajstić information content (AvgIpc) is 3.43. The number of fused-ring (bicyclic) bond motifs is 1. The molecule has 2 N–H and O–H groups in total. The van der Waals surface area contributed by atoms with Gasteiger partial charge in [0.25, 0.3) is 0 Å². The topological polar surface area (TPSA) is 85.9 Å². The number of nitrogens with zero attached hydrogens (tertiary/aromatic N) is 2. The zero-order valence-corrected chi connectivity index (χ0v) is 19.3. The van der Waals surface area contributed by atoms with Crippen molar-refractivity contribution in [1.82, 2.24) is 14.8 Å². The molecule has 0 spiro atoms. The van der Waals surface area contributed by atoms with Crippen LogP contribution in [0, 0.1) is 5.92 Å². The van der Waals surface area contributed by atoms with E-state index in [2.05, 4.69) is 4.98 Å². The largest absolute Gasteiger partial charge is 0.497 e. The third kappa shape index (κ3) is 4.59. The van der Waals surface area contributed by atoms with Crippen LogP contribution in [0.4, 0.5) is 0 Å². The van der Waals surface area contributed by atoms with Gasteiger partial charge in [-0.3, -0.25) is 14.5 Å². The first kappa shape index (κ1) is 22.9. The molecule has 1 aromatic heterocycles. The van der Waals surface area contributed by atoms with Crippen molar-refractivity contribution in [3.05, 3.63) is 65.9 Å². The van der Waals surface area contributed by atoms with E-state index in [0.29, 0.717) is 18.8 Å². The van der Waals surface area contributed by atoms with Crippen LogP contribution in [0.3, 0.4) is 0 Å². The standard InChI is InChI=1S/C26H31N3O4/c1-4-13-28(2)23(30)16-29-15-21(19-6-5-17-11-12-27-22(17)14-19)24(26(31)32)25(29)18-7-9-20(33-3)10-8-18/h5-12,14,21,24-25,27H,4,13,15-16H2,1-3H3,(H,31,32)/t21-,24-,25+/m0/s1. The second kappa shape index (κ2) is 9.67. The number of likely N-dealkylation sites (tertiary alicyclic amines) is 1. The number of rotatable bonds is 8. The summed E-state index contributed by atoms with van der Waals surface area (Å²) in [6.07, 6.45) is 2.76. The van der Waals surface area contributed by atoms with E-state index >= 15 is 0 Å². The zero-order valence-electron chi connectivity index (χ0n) is 19.3. The molecule has 0 saturated carbocycles. The van der Waals surface area contributed by atoms with Gasteiger partial charge >= 0.3 is 5.97 Å². The Morgan fingerprint density at radius 1 is 1.15 bits per heavy atom. The van der Waals surface area contributed by atoms with Gasteiger partial charge < -0.3 is 19.7 Å². The van der Waals surface area contributed by atoms with E-state index in [1.165, 1.54) is 0 Å². The number of carboxylic acid groups (broad SMARTS) is 1. The zero-order chi connectivity index (χ0) is 23.5. The quantitative estimate of drug-likeness (QED) is 0.545. The molecule has 174 valence electrons. The fraction of sp³-hybridized carbons (Fsp3) is 0.385. The second-order valence-electron chi connectivity index (χ2n) is 8.76. The van der Waals surface area contributed by atoms with Gasteiger partial charge in [0, 0.05) is 43.8 Å². The van der Waals surface area contributed by atoms with E-state index in [1.807, 2.05) is 66.6 Å². The first-order valence-electron chi connectivity index (χ1n) is 11.3. The van der Waals surface area contributed by atoms with Crippen LogP contribution in [0.5, 0.6) is 5.75 Å². The van der Waals surface area contributed by atoms with Gasteiger partial charge in [-0.1, -0.05) is 31.2 Å². The van der Waals surface area contributed by atoms with Crippen molar-refractivity contribution < 1.29 is 19.4 Å². The molecule has 0 bridgehead atoms. The summed E-state index contributed by atoms with van der Waals surface area (Å²) in [5.41, 5.74) is 2.82. The SMILES string of the molecule is CCCN(C)C(=O)CN1C[C@@H](c2ccc3cc[nH]c3c2)[C@H](C(=O)O)[C@H]1c1ccc(OC)cc1. The van der Waals surface area contributed by atoms with Gasteiger partial charge in [-0.25, -0.2) is 0 Å². The molecular weight excluding hydrogens is 418 g/mol. The molecule has 4 rings (SSSR count). The Labute approximate surface area is 194 Å². The molecule has 2 heterocycles. The lowest BCUT2D eigenvalue weighted by Gasteiger charge is -2.28. The molecule has 1 amide bonds. The van der Waals surface area contributed by atoms with Crippen LogP contribution < -0.4 is 4.74 Å². The number of aliphatic carboxylic acids is 1. The van der Waals surface area contributed by atoms with Gasteiger partial charge in [0.15, 0.2) is 0 Å². The number of aromatic amines is 1. The normalized spacial score (nSPS) is 20.8. The van der Waals surface area contributed by atoms with Gasteiger partial charge in [0.05, 0.1) is 19.6 Å². The van der Waals surface area contributed by atoms with Gasteiger partial charge in [0.1, 0.15) is 5.75 Å². The summed E-state index contributed by atoms with van der Waals surface area (Å²) in [6.45, 7) is 3.38. The van der Waals surface area contributed by atoms with Crippen molar-refractivity contribution in [2.45, 2.75) is 25.3 Å². The molecule has 7 heteroatoms. The minimum atomic E-state index is -0.857. The highest BCUT2D eigenvalue weighted by Crippen LogP contribution is 2.46. The van der Waals surface area contributed by atoms with Crippen molar-refractivity contribution in [3.63, 3.8) is 0 Å². The molecule has 1 aliphatic rings. The Balaban J connectivity index is 1.73. The monoisotopic (exact) mass is 449 g/mol. The minimum absolute atomic E-state index is 0.0000273. The first-order chi connectivity index (χ1) is 15.9. The predicted molar refractivity (Wildman–Crippen MR) is 127 cm³/mol. The third-order valence-electron chi connectivity index (χ3n) is 6.67. The molecule has 3 atom stereocenters. The Kier molecular flexibility index (Phi) is 6.70. The maximum Gasteiger partial charge on any atom is 0.309 e. The van der Waals surface area contributed by atoms with Gasteiger partial charge in [-0.05, 0) is 47.2 Å². The van der Waals surface area contributed by atoms with E-state index in [1.54, 1.807) is 19.1 Å². The molecule has 7 nitrogen and oxygen atoms in total. The number of H-pyrrole nitrogens is 1. The number of amides is 1. The molecule has 3 aromatic rings. The lowest BCUT2D eigenvalue weighted by Crippen LogP contribution is -2.39. The molecule has 0 radical (unpaired) electrons. The van der Waals surface area contributed by atoms with Gasteiger partial charge in [-0.2, -0.15) is 0 Å². The number of carbonyl (C=O) groups excluding carboxylic acids is 1. The summed E-state index contributed by atoms with van der Waals surface area (Å²) < 4.78 is 5.29. The van der Waals surface area contributed by atoms with Crippen molar-refractivity contribution in [2.75, 3.05) is 33.8 Å². The summed E-state index contributed by atoms with van der Waals surface area (Å²) in [7, 11) is 3.40. The Morgan fingerprint density at radius 3 is 2.55 bits per heavy atom. The molecule has 0 aliphatic carbocycles. The Morgan fingerprint density at radius 2 is 1.88 bits per heavy atom. The average molecular weight is 450 g/mol. The van der Waals surface area contributed by atoms with Crippen molar-refractivity contribution in [3.8, 4) is 5.75 Å². The molecule has 1 fully saturated rings. The van der Waals surface area contributed by atoms with Gasteiger partial charge in [0.2, 0.25) is 5.91 Å². The molecule has 1 aliphatic heterocycles. The number of likely N-dealkylation sites (N-methyl/N-ethyl adjacent to an activating group) is 1. The number of nitrogens with one attached hydrogen (secondary N) is 1. The van der Waals surface area contributed by atoms with E-state index in [0.717, 1.165) is 28.5 Å². The lowest BCUT2D eigenvalue weighted by atomic mass is 9.82. The van der Waals surface area contributed by atoms with Crippen LogP contribution in [-0.2, 0) is 9.59 Å². The fourth-order valence-electron chi connectivity index (χ4n) is 4.98. The van der Waals surface area contributed by atoms with Gasteiger partial charge in [-0.15, -0.1) is 0 Å². The van der Waals surface area contributed by atoms with Crippen LogP contribution >= 0.6 is 0 Å². The maximum absolute atomic E-state index is 12.9. The molecule has 0 unspecified atom stereocenters. The summed E-state index contributed by atoms with van der Waals surface area (Å²) in [6, 6.07) is 15.1. The predicted octanol–water partition coefficient (Wildman–Crippen LogP) is 3.89. The summed E-state index contributed by atoms with van der Waals surface area (Å²) in [5.74, 6) is -1.08. The van der Waals surface area contributed by atoms with Crippen LogP contribution in [0.1, 0.15) is 36.4 Å². The number of carbonyl (C=O) groups is 2. The highest BCUT2D eigenvalue weighted by molar-refractivity contribution is 5.81. The summed E-state index contributed by atoms with van der Waals surface area (Å²) in [4.78, 5) is 32.5. The number of methoxy groups -OCH3 is 1. The second-order valence-corrected chi connectivity index (χ2v) is 8.76. The minimum Gasteiger partial charge on any atom is -0.497 e.